The molecule has 0 unspecified atom stereocenters. The number of para-hydroxylation sites is 1. The number of hydrogen-bond donors (Lipinski definition) is 2. The molecule has 2 aromatic rings. The lowest BCUT2D eigenvalue weighted by Crippen LogP contribution is -2.38. The molecule has 6 heteroatoms. The first-order chi connectivity index (χ1) is 10.2. The zero-order chi connectivity index (χ0) is 15.1. The number of hydrogen-bond acceptors (Lipinski definition) is 3. The molecule has 1 heterocycles. The van der Waals surface area contributed by atoms with Crippen LogP contribution >= 0.6 is 0 Å². The molecule has 0 aliphatic carbocycles. The Kier molecular flexibility index (Phi) is 5.34. The molecule has 0 atom stereocenters. The highest BCUT2D eigenvalue weighted by atomic mass is 16.2. The largest absolute Gasteiger partial charge is 0.337 e. The van der Waals surface area contributed by atoms with Crippen LogP contribution in [0.3, 0.4) is 0 Å². The Labute approximate surface area is 124 Å². The molecule has 1 aromatic heterocycles. The summed E-state index contributed by atoms with van der Waals surface area (Å²) in [6, 6.07) is 11.9. The van der Waals surface area contributed by atoms with Gasteiger partial charge < -0.3 is 15.5 Å². The van der Waals surface area contributed by atoms with Crippen molar-refractivity contribution in [2.75, 3.05) is 27.2 Å². The minimum absolute atomic E-state index is 0.0786. The van der Waals surface area contributed by atoms with Gasteiger partial charge in [0.25, 0.3) is 0 Å². The van der Waals surface area contributed by atoms with Gasteiger partial charge in [-0.15, -0.1) is 0 Å². The molecule has 0 spiro atoms. The molecular weight excluding hydrogens is 266 g/mol. The number of nitrogens with zero attached hydrogens (tertiary/aromatic N) is 3. The van der Waals surface area contributed by atoms with Crippen molar-refractivity contribution in [2.45, 2.75) is 6.54 Å². The molecule has 0 aliphatic heterocycles. The van der Waals surface area contributed by atoms with Gasteiger partial charge in [0.15, 0.2) is 0 Å². The van der Waals surface area contributed by atoms with Crippen LogP contribution in [0.1, 0.15) is 5.69 Å². The number of urea groups is 1. The van der Waals surface area contributed by atoms with E-state index in [0.29, 0.717) is 19.6 Å². The second-order valence-corrected chi connectivity index (χ2v) is 4.89. The van der Waals surface area contributed by atoms with Gasteiger partial charge in [0.1, 0.15) is 0 Å². The van der Waals surface area contributed by atoms with E-state index in [2.05, 4.69) is 15.7 Å². The highest BCUT2D eigenvalue weighted by Crippen LogP contribution is 2.06. The predicted octanol–water partition coefficient (Wildman–Crippen LogP) is 1.23. The van der Waals surface area contributed by atoms with Gasteiger partial charge in [-0.05, 0) is 18.2 Å². The van der Waals surface area contributed by atoms with Crippen molar-refractivity contribution in [2.24, 2.45) is 0 Å². The number of aromatic nitrogens is 2. The molecule has 112 valence electrons. The fourth-order valence-corrected chi connectivity index (χ4v) is 1.81. The maximum atomic E-state index is 11.3. The van der Waals surface area contributed by atoms with Crippen LogP contribution in [0.4, 0.5) is 4.79 Å². The van der Waals surface area contributed by atoms with Crippen molar-refractivity contribution in [3.8, 4) is 5.69 Å². The molecular formula is C15H21N5O. The molecule has 0 aliphatic rings. The maximum absolute atomic E-state index is 11.3. The number of carbonyl (C=O) groups excluding carboxylic acids is 1. The molecule has 0 saturated carbocycles. The normalized spacial score (nSPS) is 10.4. The second-order valence-electron chi connectivity index (χ2n) is 4.89. The van der Waals surface area contributed by atoms with Gasteiger partial charge in [0, 0.05) is 39.9 Å². The number of amides is 2. The van der Waals surface area contributed by atoms with Crippen LogP contribution in [0.5, 0.6) is 0 Å². The molecule has 0 radical (unpaired) electrons. The summed E-state index contributed by atoms with van der Waals surface area (Å²) in [6.07, 6.45) is 1.94. The lowest BCUT2D eigenvalue weighted by molar-refractivity contribution is 0.217. The molecule has 6 nitrogen and oxygen atoms in total. The summed E-state index contributed by atoms with van der Waals surface area (Å²) in [4.78, 5) is 12.8. The van der Waals surface area contributed by atoms with Crippen molar-refractivity contribution in [3.05, 3.63) is 48.3 Å². The van der Waals surface area contributed by atoms with Crippen LogP contribution in [0.15, 0.2) is 42.6 Å². The van der Waals surface area contributed by atoms with E-state index in [4.69, 9.17) is 0 Å². The highest BCUT2D eigenvalue weighted by Gasteiger charge is 2.02. The summed E-state index contributed by atoms with van der Waals surface area (Å²) >= 11 is 0. The lowest BCUT2D eigenvalue weighted by Gasteiger charge is -2.11. The van der Waals surface area contributed by atoms with Gasteiger partial charge in [0.2, 0.25) is 0 Å². The standard InChI is InChI=1S/C15H21N5O/c1-19(2)15(21)17-10-9-16-12-13-8-11-20(18-13)14-6-4-3-5-7-14/h3-8,11,16H,9-10,12H2,1-2H3,(H,17,21). The lowest BCUT2D eigenvalue weighted by atomic mass is 10.3. The Morgan fingerprint density at radius 1 is 1.19 bits per heavy atom. The number of nitrogens with one attached hydrogen (secondary N) is 2. The smallest absolute Gasteiger partial charge is 0.316 e. The minimum atomic E-state index is -0.0786. The zero-order valence-electron chi connectivity index (χ0n) is 12.4. The topological polar surface area (TPSA) is 62.2 Å². The van der Waals surface area contributed by atoms with Crippen molar-refractivity contribution >= 4 is 6.03 Å². The van der Waals surface area contributed by atoms with Crippen molar-refractivity contribution in [1.29, 1.82) is 0 Å². The van der Waals surface area contributed by atoms with Gasteiger partial charge in [-0.3, -0.25) is 0 Å². The molecule has 0 bridgehead atoms. The van der Waals surface area contributed by atoms with Crippen molar-refractivity contribution < 1.29 is 4.79 Å². The van der Waals surface area contributed by atoms with Crippen LogP contribution in [0.25, 0.3) is 5.69 Å². The minimum Gasteiger partial charge on any atom is -0.337 e. The fraction of sp³-hybridized carbons (Fsp3) is 0.333. The van der Waals surface area contributed by atoms with Gasteiger partial charge in [-0.1, -0.05) is 18.2 Å². The Morgan fingerprint density at radius 2 is 1.95 bits per heavy atom. The monoisotopic (exact) mass is 287 g/mol. The highest BCUT2D eigenvalue weighted by molar-refractivity contribution is 5.73. The average Bonchev–Trinajstić information content (AvgIpc) is 2.96. The van der Waals surface area contributed by atoms with Gasteiger partial charge >= 0.3 is 6.03 Å². The average molecular weight is 287 g/mol. The summed E-state index contributed by atoms with van der Waals surface area (Å²) in [5.41, 5.74) is 2.01. The Balaban J connectivity index is 1.73. The first kappa shape index (κ1) is 15.1. The molecule has 0 saturated heterocycles. The molecule has 2 rings (SSSR count). The van der Waals surface area contributed by atoms with E-state index < -0.39 is 0 Å². The second kappa shape index (κ2) is 7.44. The van der Waals surface area contributed by atoms with E-state index >= 15 is 0 Å². The van der Waals surface area contributed by atoms with E-state index in [9.17, 15) is 4.79 Å². The van der Waals surface area contributed by atoms with E-state index in [1.807, 2.05) is 47.3 Å². The molecule has 21 heavy (non-hydrogen) atoms. The van der Waals surface area contributed by atoms with Gasteiger partial charge in [-0.2, -0.15) is 5.10 Å². The number of benzene rings is 1. The maximum Gasteiger partial charge on any atom is 0.316 e. The van der Waals surface area contributed by atoms with E-state index in [1.165, 1.54) is 4.90 Å². The number of rotatable bonds is 6. The van der Waals surface area contributed by atoms with Crippen molar-refractivity contribution in [3.63, 3.8) is 0 Å². The zero-order valence-corrected chi connectivity index (χ0v) is 12.4. The van der Waals surface area contributed by atoms with Crippen LogP contribution < -0.4 is 10.6 Å². The van der Waals surface area contributed by atoms with Crippen LogP contribution in [-0.2, 0) is 6.54 Å². The molecule has 0 fully saturated rings. The predicted molar refractivity (Wildman–Crippen MR) is 82.4 cm³/mol. The molecule has 2 amide bonds. The summed E-state index contributed by atoms with van der Waals surface area (Å²) < 4.78 is 1.85. The fourth-order valence-electron chi connectivity index (χ4n) is 1.81. The Hall–Kier alpha value is -2.34. The summed E-state index contributed by atoms with van der Waals surface area (Å²) in [6.45, 7) is 1.98. The third-order valence-corrected chi connectivity index (χ3v) is 2.96. The van der Waals surface area contributed by atoms with E-state index in [-0.39, 0.29) is 6.03 Å². The summed E-state index contributed by atoms with van der Waals surface area (Å²) in [5, 5.41) is 10.6. The first-order valence-corrected chi connectivity index (χ1v) is 6.92. The van der Waals surface area contributed by atoms with Crippen LogP contribution in [0, 0.1) is 0 Å². The molecule has 1 aromatic carbocycles. The SMILES string of the molecule is CN(C)C(=O)NCCNCc1ccn(-c2ccccc2)n1. The Morgan fingerprint density at radius 3 is 2.67 bits per heavy atom. The van der Waals surface area contributed by atoms with Crippen molar-refractivity contribution in [1.82, 2.24) is 25.3 Å². The van der Waals surface area contributed by atoms with E-state index in [0.717, 1.165) is 11.4 Å². The van der Waals surface area contributed by atoms with E-state index in [1.54, 1.807) is 14.1 Å². The Bertz CT molecular complexity index is 564. The third-order valence-electron chi connectivity index (χ3n) is 2.96. The summed E-state index contributed by atoms with van der Waals surface area (Å²) in [5.74, 6) is 0. The first-order valence-electron chi connectivity index (χ1n) is 6.92. The third kappa shape index (κ3) is 4.61. The van der Waals surface area contributed by atoms with Gasteiger partial charge in [0.05, 0.1) is 11.4 Å². The van der Waals surface area contributed by atoms with Crippen LogP contribution in [0.2, 0.25) is 0 Å². The summed E-state index contributed by atoms with van der Waals surface area (Å²) in [7, 11) is 3.44. The quantitative estimate of drug-likeness (QED) is 0.786. The number of carbonyl (C=O) groups is 1. The van der Waals surface area contributed by atoms with Crippen LogP contribution in [-0.4, -0.2) is 47.9 Å². The van der Waals surface area contributed by atoms with Gasteiger partial charge in [-0.25, -0.2) is 9.48 Å². The molecule has 2 N–H and O–H groups in total.